The van der Waals surface area contributed by atoms with Crippen LogP contribution in [-0.2, 0) is 9.84 Å². The van der Waals surface area contributed by atoms with Crippen molar-refractivity contribution in [3.63, 3.8) is 0 Å². The number of ether oxygens (including phenoxy) is 2. The Labute approximate surface area is 131 Å². The number of carboxylic acid groups (broad SMARTS) is 1. The van der Waals surface area contributed by atoms with Gasteiger partial charge in [0.05, 0.1) is 24.7 Å². The molecule has 8 nitrogen and oxygen atoms in total. The van der Waals surface area contributed by atoms with Crippen molar-refractivity contribution >= 4 is 22.1 Å². The highest BCUT2D eigenvalue weighted by Gasteiger charge is 2.29. The van der Waals surface area contributed by atoms with E-state index in [0.717, 1.165) is 18.2 Å². The van der Waals surface area contributed by atoms with Crippen LogP contribution in [0.15, 0.2) is 38.7 Å². The lowest BCUT2D eigenvalue weighted by Crippen LogP contribution is -2.10. The zero-order valence-electron chi connectivity index (χ0n) is 12.1. The topological polar surface area (TPSA) is 120 Å². The van der Waals surface area contributed by atoms with Crippen LogP contribution in [0.1, 0.15) is 20.9 Å². The van der Waals surface area contributed by atoms with Gasteiger partial charge < -0.3 is 19.0 Å². The Kier molecular flexibility index (Phi) is 4.41. The highest BCUT2D eigenvalue weighted by atomic mass is 32.2. The van der Waals surface area contributed by atoms with E-state index in [9.17, 15) is 23.1 Å². The van der Waals surface area contributed by atoms with Crippen LogP contribution in [0.25, 0.3) is 0 Å². The number of hydrogen-bond acceptors (Lipinski definition) is 7. The molecular weight excluding hydrogens is 328 g/mol. The number of aldehydes is 1. The quantitative estimate of drug-likeness (QED) is 0.788. The molecule has 0 fully saturated rings. The van der Waals surface area contributed by atoms with E-state index in [-0.39, 0.29) is 17.3 Å². The van der Waals surface area contributed by atoms with E-state index in [2.05, 4.69) is 0 Å². The molecule has 0 aliphatic rings. The van der Waals surface area contributed by atoms with Crippen molar-refractivity contribution in [3.05, 3.63) is 35.6 Å². The number of carbonyl (C=O) groups excluding carboxylic acids is 1. The van der Waals surface area contributed by atoms with Gasteiger partial charge in [0.1, 0.15) is 0 Å². The van der Waals surface area contributed by atoms with Crippen molar-refractivity contribution in [2.45, 2.75) is 9.99 Å². The first-order chi connectivity index (χ1) is 10.8. The maximum absolute atomic E-state index is 12.6. The maximum Gasteiger partial charge on any atom is 0.337 e. The molecule has 0 spiro atoms. The Hall–Kier alpha value is -2.81. The molecule has 0 saturated heterocycles. The van der Waals surface area contributed by atoms with Crippen LogP contribution in [0.5, 0.6) is 11.5 Å². The lowest BCUT2D eigenvalue weighted by atomic mass is 10.2. The van der Waals surface area contributed by atoms with E-state index in [0.29, 0.717) is 6.29 Å². The van der Waals surface area contributed by atoms with Crippen molar-refractivity contribution in [2.75, 3.05) is 14.2 Å². The molecule has 0 bridgehead atoms. The number of furan rings is 1. The first-order valence-electron chi connectivity index (χ1n) is 6.14. The van der Waals surface area contributed by atoms with Gasteiger partial charge in [-0.15, -0.1) is 0 Å². The van der Waals surface area contributed by atoms with Crippen molar-refractivity contribution in [3.8, 4) is 11.5 Å². The molecule has 0 saturated carbocycles. The number of aromatic carboxylic acids is 1. The monoisotopic (exact) mass is 340 g/mol. The fourth-order valence-electron chi connectivity index (χ4n) is 1.90. The number of rotatable bonds is 6. The molecule has 9 heteroatoms. The number of hydrogen-bond donors (Lipinski definition) is 1. The Morgan fingerprint density at radius 2 is 1.78 bits per heavy atom. The van der Waals surface area contributed by atoms with Crippen molar-refractivity contribution in [1.29, 1.82) is 0 Å². The third kappa shape index (κ3) is 2.90. The van der Waals surface area contributed by atoms with Crippen molar-refractivity contribution < 1.29 is 37.0 Å². The molecule has 2 rings (SSSR count). The summed E-state index contributed by atoms with van der Waals surface area (Å²) in [7, 11) is -1.73. The minimum absolute atomic E-state index is 0.0400. The normalized spacial score (nSPS) is 11.0. The fourth-order valence-corrected chi connectivity index (χ4v) is 3.27. The van der Waals surface area contributed by atoms with E-state index < -0.39 is 31.4 Å². The van der Waals surface area contributed by atoms with E-state index in [4.69, 9.17) is 13.9 Å². The predicted molar refractivity (Wildman–Crippen MR) is 76.1 cm³/mol. The molecule has 1 heterocycles. The predicted octanol–water partition coefficient (Wildman–Crippen LogP) is 1.64. The third-order valence-electron chi connectivity index (χ3n) is 2.99. The maximum atomic E-state index is 12.6. The molecule has 2 aromatic rings. The van der Waals surface area contributed by atoms with Gasteiger partial charge in [-0.1, -0.05) is 0 Å². The van der Waals surface area contributed by atoms with Gasteiger partial charge in [0.15, 0.2) is 23.5 Å². The van der Waals surface area contributed by atoms with Gasteiger partial charge in [-0.2, -0.15) is 0 Å². The summed E-state index contributed by atoms with van der Waals surface area (Å²) in [6.07, 6.45) is 0.339. The Morgan fingerprint density at radius 3 is 2.26 bits per heavy atom. The summed E-state index contributed by atoms with van der Waals surface area (Å²) in [5.41, 5.74) is -0.508. The molecule has 0 atom stereocenters. The van der Waals surface area contributed by atoms with Gasteiger partial charge in [-0.25, -0.2) is 13.2 Å². The smallest absolute Gasteiger partial charge is 0.337 e. The minimum atomic E-state index is -4.30. The number of sulfone groups is 1. The van der Waals surface area contributed by atoms with Crippen LogP contribution in [0.3, 0.4) is 0 Å². The van der Waals surface area contributed by atoms with Gasteiger partial charge in [-0.05, 0) is 18.2 Å². The molecule has 122 valence electrons. The average molecular weight is 340 g/mol. The van der Waals surface area contributed by atoms with E-state index in [1.807, 2.05) is 0 Å². The Balaban J connectivity index is 2.74. The van der Waals surface area contributed by atoms with Crippen LogP contribution in [-0.4, -0.2) is 40.0 Å². The zero-order valence-corrected chi connectivity index (χ0v) is 12.9. The molecular formula is C14H12O8S. The number of carbonyl (C=O) groups is 2. The second-order valence-corrected chi connectivity index (χ2v) is 6.14. The van der Waals surface area contributed by atoms with Gasteiger partial charge in [0, 0.05) is 6.07 Å². The summed E-state index contributed by atoms with van der Waals surface area (Å²) in [6, 6.07) is 4.31. The first-order valence-corrected chi connectivity index (χ1v) is 7.63. The molecule has 0 aliphatic heterocycles. The molecule has 0 unspecified atom stereocenters. The van der Waals surface area contributed by atoms with Crippen LogP contribution < -0.4 is 9.47 Å². The highest BCUT2D eigenvalue weighted by molar-refractivity contribution is 7.91. The van der Waals surface area contributed by atoms with Crippen molar-refractivity contribution in [1.82, 2.24) is 0 Å². The van der Waals surface area contributed by atoms with Crippen LogP contribution in [0.4, 0.5) is 0 Å². The average Bonchev–Trinajstić information content (AvgIpc) is 3.03. The number of carboxylic acids is 1. The number of benzene rings is 1. The summed E-state index contributed by atoms with van der Waals surface area (Å²) in [4.78, 5) is 21.5. The van der Waals surface area contributed by atoms with Gasteiger partial charge in [0.25, 0.3) is 0 Å². The first kappa shape index (κ1) is 16.6. The lowest BCUT2D eigenvalue weighted by Gasteiger charge is -2.12. The second-order valence-electron chi connectivity index (χ2n) is 4.29. The molecule has 1 aromatic heterocycles. The Bertz CT molecular complexity index is 863. The molecule has 23 heavy (non-hydrogen) atoms. The Morgan fingerprint density at radius 1 is 1.17 bits per heavy atom. The molecule has 0 amide bonds. The second kappa shape index (κ2) is 6.13. The standard InChI is InChI=1S/C14H12O8S/c1-20-10-5-9(14(16)17)12(6-11(10)21-2)23(18,19)13-4-3-8(7-15)22-13/h3-7H,1-2H3,(H,16,17). The summed E-state index contributed by atoms with van der Waals surface area (Å²) in [5.74, 6) is -1.55. The van der Waals surface area contributed by atoms with E-state index >= 15 is 0 Å². The van der Waals surface area contributed by atoms with Crippen LogP contribution in [0, 0.1) is 0 Å². The van der Waals surface area contributed by atoms with E-state index in [1.165, 1.54) is 20.3 Å². The van der Waals surface area contributed by atoms with Crippen LogP contribution >= 0.6 is 0 Å². The van der Waals surface area contributed by atoms with Crippen molar-refractivity contribution in [2.24, 2.45) is 0 Å². The summed E-state index contributed by atoms with van der Waals surface area (Å²) < 4.78 is 40.0. The van der Waals surface area contributed by atoms with Gasteiger partial charge in [0.2, 0.25) is 14.9 Å². The summed E-state index contributed by atoms with van der Waals surface area (Å²) in [5, 5.41) is 8.72. The molecule has 0 radical (unpaired) electrons. The van der Waals surface area contributed by atoms with Crippen LogP contribution in [0.2, 0.25) is 0 Å². The minimum Gasteiger partial charge on any atom is -0.493 e. The van der Waals surface area contributed by atoms with E-state index in [1.54, 1.807) is 0 Å². The largest absolute Gasteiger partial charge is 0.493 e. The molecule has 1 N–H and O–H groups in total. The third-order valence-corrected chi connectivity index (χ3v) is 4.65. The highest BCUT2D eigenvalue weighted by Crippen LogP contribution is 2.35. The summed E-state index contributed by atoms with van der Waals surface area (Å²) >= 11 is 0. The SMILES string of the molecule is COc1cc(C(=O)O)c(S(=O)(=O)c2ccc(C=O)o2)cc1OC. The van der Waals surface area contributed by atoms with Gasteiger partial charge >= 0.3 is 5.97 Å². The number of methoxy groups -OCH3 is 2. The molecule has 1 aromatic carbocycles. The zero-order chi connectivity index (χ0) is 17.2. The summed E-state index contributed by atoms with van der Waals surface area (Å²) in [6.45, 7) is 0. The lowest BCUT2D eigenvalue weighted by molar-refractivity contribution is 0.0692. The van der Waals surface area contributed by atoms with Gasteiger partial charge in [-0.3, -0.25) is 4.79 Å². The molecule has 0 aliphatic carbocycles. The fraction of sp³-hybridized carbons (Fsp3) is 0.143.